The summed E-state index contributed by atoms with van der Waals surface area (Å²) in [5.41, 5.74) is 0. The van der Waals surface area contributed by atoms with Gasteiger partial charge in [0.15, 0.2) is 0 Å². The predicted octanol–water partition coefficient (Wildman–Crippen LogP) is 0.681. The second kappa shape index (κ2) is 7.23. The van der Waals surface area contributed by atoms with Crippen LogP contribution in [0.1, 0.15) is 31.5 Å². The minimum absolute atomic E-state index is 0.0831. The summed E-state index contributed by atoms with van der Waals surface area (Å²) in [5, 5.41) is 10.7. The number of hydrogen-bond acceptors (Lipinski definition) is 4. The summed E-state index contributed by atoms with van der Waals surface area (Å²) in [6, 6.07) is 0. The molecule has 0 bridgehead atoms. The van der Waals surface area contributed by atoms with Gasteiger partial charge in [-0.2, -0.15) is 0 Å². The van der Waals surface area contributed by atoms with Gasteiger partial charge in [-0.3, -0.25) is 4.79 Å². The number of ether oxygens (including phenoxy) is 1. The molecule has 0 aliphatic carbocycles. The van der Waals surface area contributed by atoms with E-state index in [0.717, 1.165) is 38.4 Å². The van der Waals surface area contributed by atoms with Crippen LogP contribution in [0.15, 0.2) is 6.33 Å². The van der Waals surface area contributed by atoms with E-state index in [1.807, 2.05) is 11.6 Å². The second-order valence-electron chi connectivity index (χ2n) is 5.08. The predicted molar refractivity (Wildman–Crippen MR) is 70.5 cm³/mol. The number of rotatable bonds is 6. The van der Waals surface area contributed by atoms with Gasteiger partial charge in [0, 0.05) is 39.6 Å². The molecule has 1 N–H and O–H groups in total. The summed E-state index contributed by atoms with van der Waals surface area (Å²) in [6.07, 6.45) is 6.12. The Kier molecular flexibility index (Phi) is 5.32. The molecular weight excluding hydrogens is 244 g/mol. The third-order valence-electron chi connectivity index (χ3n) is 3.51. The minimum atomic E-state index is 0.0831. The van der Waals surface area contributed by atoms with Crippen molar-refractivity contribution in [1.82, 2.24) is 20.1 Å². The first-order chi connectivity index (χ1) is 9.25. The number of carbonyl (C=O) groups is 1. The van der Waals surface area contributed by atoms with Crippen molar-refractivity contribution in [3.05, 3.63) is 12.2 Å². The molecule has 19 heavy (non-hydrogen) atoms. The lowest BCUT2D eigenvalue weighted by atomic mass is 9.99. The molecule has 106 valence electrons. The van der Waals surface area contributed by atoms with Crippen molar-refractivity contribution in [2.45, 2.75) is 32.1 Å². The molecule has 6 heteroatoms. The molecular formula is C13H22N4O2. The molecule has 1 aromatic heterocycles. The maximum Gasteiger partial charge on any atom is 0.220 e. The molecule has 6 nitrogen and oxygen atoms in total. The van der Waals surface area contributed by atoms with E-state index in [1.165, 1.54) is 6.42 Å². The highest BCUT2D eigenvalue weighted by atomic mass is 16.5. The summed E-state index contributed by atoms with van der Waals surface area (Å²) in [6.45, 7) is 2.47. The summed E-state index contributed by atoms with van der Waals surface area (Å²) in [7, 11) is 1.89. The van der Waals surface area contributed by atoms with E-state index in [-0.39, 0.29) is 5.91 Å². The van der Waals surface area contributed by atoms with Gasteiger partial charge in [-0.25, -0.2) is 0 Å². The number of amides is 1. The van der Waals surface area contributed by atoms with Gasteiger partial charge < -0.3 is 14.6 Å². The third-order valence-corrected chi connectivity index (χ3v) is 3.51. The van der Waals surface area contributed by atoms with E-state index < -0.39 is 0 Å². The normalized spacial score (nSPS) is 19.3. The molecule has 1 aromatic rings. The molecule has 0 aromatic carbocycles. The molecule has 2 heterocycles. The number of carbonyl (C=O) groups excluding carboxylic acids is 1. The Morgan fingerprint density at radius 1 is 1.63 bits per heavy atom. The molecule has 1 atom stereocenters. The van der Waals surface area contributed by atoms with Crippen molar-refractivity contribution in [3.63, 3.8) is 0 Å². The van der Waals surface area contributed by atoms with Gasteiger partial charge in [0.05, 0.1) is 0 Å². The van der Waals surface area contributed by atoms with Gasteiger partial charge in [0.2, 0.25) is 5.91 Å². The molecule has 1 aliphatic rings. The van der Waals surface area contributed by atoms with E-state index in [1.54, 1.807) is 6.33 Å². The van der Waals surface area contributed by atoms with E-state index in [4.69, 9.17) is 4.74 Å². The Bertz CT molecular complexity index is 399. The van der Waals surface area contributed by atoms with Gasteiger partial charge in [0.1, 0.15) is 12.2 Å². The number of hydrogen-bond donors (Lipinski definition) is 1. The van der Waals surface area contributed by atoms with Crippen LogP contribution in [0.25, 0.3) is 0 Å². The summed E-state index contributed by atoms with van der Waals surface area (Å²) in [5.74, 6) is 1.53. The zero-order chi connectivity index (χ0) is 13.5. The zero-order valence-electron chi connectivity index (χ0n) is 11.5. The lowest BCUT2D eigenvalue weighted by molar-refractivity contribution is -0.121. The lowest BCUT2D eigenvalue weighted by Gasteiger charge is -2.21. The maximum atomic E-state index is 11.7. The van der Waals surface area contributed by atoms with Crippen molar-refractivity contribution in [3.8, 4) is 0 Å². The monoisotopic (exact) mass is 266 g/mol. The molecule has 2 rings (SSSR count). The van der Waals surface area contributed by atoms with Gasteiger partial charge in [-0.05, 0) is 25.2 Å². The van der Waals surface area contributed by atoms with Crippen LogP contribution in [-0.2, 0) is 23.0 Å². The highest BCUT2D eigenvalue weighted by Crippen LogP contribution is 2.16. The zero-order valence-corrected chi connectivity index (χ0v) is 11.5. The van der Waals surface area contributed by atoms with Crippen molar-refractivity contribution in [2.24, 2.45) is 13.0 Å². The highest BCUT2D eigenvalue weighted by Gasteiger charge is 2.13. The molecule has 1 fully saturated rings. The van der Waals surface area contributed by atoms with Crippen LogP contribution in [0.5, 0.6) is 0 Å². The van der Waals surface area contributed by atoms with E-state index >= 15 is 0 Å². The Labute approximate surface area is 113 Å². The fourth-order valence-electron chi connectivity index (χ4n) is 2.30. The Morgan fingerprint density at radius 3 is 3.21 bits per heavy atom. The average Bonchev–Trinajstić information content (AvgIpc) is 2.83. The van der Waals surface area contributed by atoms with Crippen molar-refractivity contribution in [1.29, 1.82) is 0 Å². The topological polar surface area (TPSA) is 69.0 Å². The standard InChI is InChI=1S/C13H22N4O2/c1-17-10-15-16-12(17)4-5-13(18)14-7-6-11-3-2-8-19-9-11/h10-11H,2-9H2,1H3,(H,14,18)/t11-/m0/s1. The smallest absolute Gasteiger partial charge is 0.220 e. The van der Waals surface area contributed by atoms with Gasteiger partial charge in [0.25, 0.3) is 0 Å². The van der Waals surface area contributed by atoms with Crippen LogP contribution in [0.4, 0.5) is 0 Å². The van der Waals surface area contributed by atoms with Crippen LogP contribution >= 0.6 is 0 Å². The molecule has 0 spiro atoms. The maximum absolute atomic E-state index is 11.7. The Balaban J connectivity index is 1.58. The fraction of sp³-hybridized carbons (Fsp3) is 0.769. The van der Waals surface area contributed by atoms with E-state index in [9.17, 15) is 4.79 Å². The summed E-state index contributed by atoms with van der Waals surface area (Å²) < 4.78 is 7.26. The fourth-order valence-corrected chi connectivity index (χ4v) is 2.30. The highest BCUT2D eigenvalue weighted by molar-refractivity contribution is 5.75. The van der Waals surface area contributed by atoms with Crippen LogP contribution < -0.4 is 5.32 Å². The molecule has 1 saturated heterocycles. The third kappa shape index (κ3) is 4.63. The largest absolute Gasteiger partial charge is 0.381 e. The summed E-state index contributed by atoms with van der Waals surface area (Å²) >= 11 is 0. The first kappa shape index (κ1) is 14.0. The second-order valence-corrected chi connectivity index (χ2v) is 5.08. The number of nitrogens with zero attached hydrogens (tertiary/aromatic N) is 3. The van der Waals surface area contributed by atoms with Gasteiger partial charge >= 0.3 is 0 Å². The minimum Gasteiger partial charge on any atom is -0.381 e. The van der Waals surface area contributed by atoms with Gasteiger partial charge in [-0.15, -0.1) is 10.2 Å². The first-order valence-electron chi connectivity index (χ1n) is 6.93. The molecule has 0 radical (unpaired) electrons. The Morgan fingerprint density at radius 2 is 2.53 bits per heavy atom. The molecule has 0 unspecified atom stereocenters. The molecule has 0 saturated carbocycles. The van der Waals surface area contributed by atoms with E-state index in [0.29, 0.717) is 18.8 Å². The van der Waals surface area contributed by atoms with Crippen LogP contribution in [0.2, 0.25) is 0 Å². The van der Waals surface area contributed by atoms with Crippen molar-refractivity contribution < 1.29 is 9.53 Å². The van der Waals surface area contributed by atoms with Crippen LogP contribution in [0.3, 0.4) is 0 Å². The van der Waals surface area contributed by atoms with Crippen molar-refractivity contribution >= 4 is 5.91 Å². The molecule has 1 amide bonds. The number of nitrogens with one attached hydrogen (secondary N) is 1. The first-order valence-corrected chi connectivity index (χ1v) is 6.93. The quantitative estimate of drug-likeness (QED) is 0.822. The lowest BCUT2D eigenvalue weighted by Crippen LogP contribution is -2.28. The number of aryl methyl sites for hydroxylation is 2. The van der Waals surface area contributed by atoms with Crippen LogP contribution in [0, 0.1) is 5.92 Å². The summed E-state index contributed by atoms with van der Waals surface area (Å²) in [4.78, 5) is 11.7. The molecule has 1 aliphatic heterocycles. The Hall–Kier alpha value is -1.43. The average molecular weight is 266 g/mol. The van der Waals surface area contributed by atoms with Crippen molar-refractivity contribution in [2.75, 3.05) is 19.8 Å². The van der Waals surface area contributed by atoms with Crippen LogP contribution in [-0.4, -0.2) is 40.4 Å². The van der Waals surface area contributed by atoms with E-state index in [2.05, 4.69) is 15.5 Å². The number of aromatic nitrogens is 3. The SMILES string of the molecule is Cn1cnnc1CCC(=O)NCC[C@@H]1CCCOC1. The van der Waals surface area contributed by atoms with Gasteiger partial charge in [-0.1, -0.05) is 0 Å².